The molecule has 0 saturated heterocycles. The van der Waals surface area contributed by atoms with Crippen LogP contribution in [0.1, 0.15) is 0 Å². The van der Waals surface area contributed by atoms with E-state index in [0.29, 0.717) is 17.4 Å². The van der Waals surface area contributed by atoms with E-state index in [1.807, 2.05) is 0 Å². The summed E-state index contributed by atoms with van der Waals surface area (Å²) in [5.41, 5.74) is 0.704. The fraction of sp³-hybridized carbons (Fsp3) is 0.222. The number of aromatic nitrogens is 2. The van der Waals surface area contributed by atoms with E-state index in [-0.39, 0.29) is 12.3 Å². The quantitative estimate of drug-likeness (QED) is 0.599. The molecule has 0 spiro atoms. The minimum atomic E-state index is -0.437. The highest BCUT2D eigenvalue weighted by Gasteiger charge is 2.14. The molecule has 15 heavy (non-hydrogen) atoms. The monoisotopic (exact) mass is 207 g/mol. The zero-order valence-corrected chi connectivity index (χ0v) is 7.83. The number of aliphatic hydroxyl groups excluding tert-OH is 1. The van der Waals surface area contributed by atoms with Gasteiger partial charge in [-0.15, -0.1) is 0 Å². The van der Waals surface area contributed by atoms with Gasteiger partial charge in [0.05, 0.1) is 35.2 Å². The van der Waals surface area contributed by atoms with Crippen molar-refractivity contribution in [1.82, 2.24) is 9.78 Å². The van der Waals surface area contributed by atoms with Gasteiger partial charge in [0.2, 0.25) is 0 Å². The average Bonchev–Trinajstić information content (AvgIpc) is 2.62. The Morgan fingerprint density at radius 3 is 3.00 bits per heavy atom. The maximum Gasteiger partial charge on any atom is 0.280 e. The third-order valence-electron chi connectivity index (χ3n) is 2.17. The van der Waals surface area contributed by atoms with E-state index in [4.69, 9.17) is 5.11 Å². The summed E-state index contributed by atoms with van der Waals surface area (Å²) >= 11 is 0. The lowest BCUT2D eigenvalue weighted by Crippen LogP contribution is -2.03. The van der Waals surface area contributed by atoms with Gasteiger partial charge in [-0.25, -0.2) is 0 Å². The summed E-state index contributed by atoms with van der Waals surface area (Å²) in [5.74, 6) is 0. The van der Waals surface area contributed by atoms with Gasteiger partial charge in [0, 0.05) is 6.07 Å². The Morgan fingerprint density at radius 2 is 2.33 bits per heavy atom. The number of nitrogens with zero attached hydrogens (tertiary/aromatic N) is 3. The van der Waals surface area contributed by atoms with E-state index >= 15 is 0 Å². The number of hydrogen-bond acceptors (Lipinski definition) is 4. The SMILES string of the molecule is O=[N+]([O-])c1cccc2c1cnn2CCO. The Hall–Kier alpha value is -1.95. The van der Waals surface area contributed by atoms with Crippen LogP contribution in [-0.2, 0) is 6.54 Å². The first-order chi connectivity index (χ1) is 7.24. The molecule has 1 aromatic carbocycles. The number of benzene rings is 1. The van der Waals surface area contributed by atoms with Gasteiger partial charge >= 0.3 is 0 Å². The van der Waals surface area contributed by atoms with Crippen molar-refractivity contribution in [2.75, 3.05) is 6.61 Å². The topological polar surface area (TPSA) is 81.2 Å². The molecule has 0 amide bonds. The highest BCUT2D eigenvalue weighted by atomic mass is 16.6. The molecule has 6 nitrogen and oxygen atoms in total. The number of nitro groups is 1. The van der Waals surface area contributed by atoms with E-state index in [2.05, 4.69) is 5.10 Å². The van der Waals surface area contributed by atoms with Crippen LogP contribution in [0.25, 0.3) is 10.9 Å². The van der Waals surface area contributed by atoms with Crippen LogP contribution in [0, 0.1) is 10.1 Å². The molecule has 0 aliphatic carbocycles. The summed E-state index contributed by atoms with van der Waals surface area (Å²) in [5, 5.41) is 24.0. The smallest absolute Gasteiger partial charge is 0.280 e. The fourth-order valence-electron chi connectivity index (χ4n) is 1.52. The molecule has 2 rings (SSSR count). The van der Waals surface area contributed by atoms with Gasteiger partial charge in [-0.05, 0) is 6.07 Å². The van der Waals surface area contributed by atoms with E-state index in [1.54, 1.807) is 16.8 Å². The van der Waals surface area contributed by atoms with Gasteiger partial charge in [-0.1, -0.05) is 6.07 Å². The molecule has 0 saturated carbocycles. The molecule has 78 valence electrons. The number of non-ortho nitro benzene ring substituents is 1. The third kappa shape index (κ3) is 1.55. The summed E-state index contributed by atoms with van der Waals surface area (Å²) < 4.78 is 1.54. The molecular formula is C9H9N3O3. The van der Waals surface area contributed by atoms with Crippen molar-refractivity contribution >= 4 is 16.6 Å². The predicted molar refractivity (Wildman–Crippen MR) is 53.5 cm³/mol. The number of rotatable bonds is 3. The average molecular weight is 207 g/mol. The third-order valence-corrected chi connectivity index (χ3v) is 2.17. The highest BCUT2D eigenvalue weighted by molar-refractivity contribution is 5.87. The number of aliphatic hydroxyl groups is 1. The summed E-state index contributed by atoms with van der Waals surface area (Å²) in [4.78, 5) is 10.3. The van der Waals surface area contributed by atoms with E-state index in [1.165, 1.54) is 12.3 Å². The molecule has 0 unspecified atom stereocenters. The summed E-state index contributed by atoms with van der Waals surface area (Å²) in [7, 11) is 0. The van der Waals surface area contributed by atoms with E-state index < -0.39 is 4.92 Å². The Balaban J connectivity index is 2.63. The van der Waals surface area contributed by atoms with Gasteiger partial charge in [0.15, 0.2) is 0 Å². The largest absolute Gasteiger partial charge is 0.394 e. The Kier molecular flexibility index (Phi) is 2.34. The molecular weight excluding hydrogens is 198 g/mol. The molecule has 0 radical (unpaired) electrons. The lowest BCUT2D eigenvalue weighted by Gasteiger charge is -1.99. The Labute approximate surface area is 84.9 Å². The van der Waals surface area contributed by atoms with Crippen molar-refractivity contribution in [3.8, 4) is 0 Å². The van der Waals surface area contributed by atoms with Crippen molar-refractivity contribution in [2.45, 2.75) is 6.54 Å². The van der Waals surface area contributed by atoms with Gasteiger partial charge < -0.3 is 5.11 Å². The second-order valence-electron chi connectivity index (χ2n) is 3.06. The molecule has 2 aromatic rings. The molecule has 0 aliphatic heterocycles. The van der Waals surface area contributed by atoms with Gasteiger partial charge in [0.1, 0.15) is 0 Å². The zero-order valence-electron chi connectivity index (χ0n) is 7.83. The Morgan fingerprint density at radius 1 is 1.53 bits per heavy atom. The molecule has 1 N–H and O–H groups in total. The predicted octanol–water partition coefficient (Wildman–Crippen LogP) is 0.937. The highest BCUT2D eigenvalue weighted by Crippen LogP contribution is 2.24. The summed E-state index contributed by atoms with van der Waals surface area (Å²) in [6.07, 6.45) is 1.45. The van der Waals surface area contributed by atoms with Gasteiger partial charge in [0.25, 0.3) is 5.69 Å². The van der Waals surface area contributed by atoms with Crippen molar-refractivity contribution in [2.24, 2.45) is 0 Å². The first kappa shape index (κ1) is 9.60. The van der Waals surface area contributed by atoms with Crippen molar-refractivity contribution in [1.29, 1.82) is 0 Å². The van der Waals surface area contributed by atoms with Crippen molar-refractivity contribution in [3.05, 3.63) is 34.5 Å². The van der Waals surface area contributed by atoms with Gasteiger partial charge in [-0.2, -0.15) is 5.10 Å². The molecule has 0 atom stereocenters. The minimum absolute atomic E-state index is 0.0386. The van der Waals surface area contributed by atoms with Crippen LogP contribution in [-0.4, -0.2) is 26.4 Å². The van der Waals surface area contributed by atoms with Crippen LogP contribution in [0.5, 0.6) is 0 Å². The number of fused-ring (bicyclic) bond motifs is 1. The van der Waals surface area contributed by atoms with Crippen LogP contribution in [0.15, 0.2) is 24.4 Å². The molecule has 0 fully saturated rings. The maximum absolute atomic E-state index is 10.7. The standard InChI is InChI=1S/C9H9N3O3/c13-5-4-11-8-2-1-3-9(12(14)15)7(8)6-10-11/h1-3,6,13H,4-5H2. The first-order valence-corrected chi connectivity index (χ1v) is 4.44. The zero-order chi connectivity index (χ0) is 10.8. The second kappa shape index (κ2) is 3.66. The van der Waals surface area contributed by atoms with Crippen molar-refractivity contribution in [3.63, 3.8) is 0 Å². The van der Waals surface area contributed by atoms with Crippen LogP contribution in [0.4, 0.5) is 5.69 Å². The maximum atomic E-state index is 10.7. The number of hydrogen-bond donors (Lipinski definition) is 1. The normalized spacial score (nSPS) is 10.7. The fourth-order valence-corrected chi connectivity index (χ4v) is 1.52. The van der Waals surface area contributed by atoms with Crippen LogP contribution >= 0.6 is 0 Å². The van der Waals surface area contributed by atoms with Gasteiger partial charge in [-0.3, -0.25) is 14.8 Å². The molecule has 1 heterocycles. The molecule has 0 bridgehead atoms. The van der Waals surface area contributed by atoms with Crippen LogP contribution in [0.2, 0.25) is 0 Å². The summed E-state index contributed by atoms with van der Waals surface area (Å²) in [6.45, 7) is 0.296. The lowest BCUT2D eigenvalue weighted by molar-refractivity contribution is -0.383. The van der Waals surface area contributed by atoms with Crippen molar-refractivity contribution < 1.29 is 10.0 Å². The minimum Gasteiger partial charge on any atom is -0.394 e. The number of nitro benzene ring substituents is 1. The molecule has 0 aliphatic rings. The van der Waals surface area contributed by atoms with Crippen LogP contribution in [0.3, 0.4) is 0 Å². The van der Waals surface area contributed by atoms with E-state index in [9.17, 15) is 10.1 Å². The van der Waals surface area contributed by atoms with E-state index in [0.717, 1.165) is 0 Å². The summed E-state index contributed by atoms with van der Waals surface area (Å²) in [6, 6.07) is 4.79. The molecule has 1 aromatic heterocycles. The molecule has 6 heteroatoms. The second-order valence-corrected chi connectivity index (χ2v) is 3.06. The Bertz CT molecular complexity index is 506. The lowest BCUT2D eigenvalue weighted by atomic mass is 10.2. The van der Waals surface area contributed by atoms with Crippen LogP contribution < -0.4 is 0 Å². The first-order valence-electron chi connectivity index (χ1n) is 4.44.